The maximum Gasteiger partial charge on any atom is 0.325 e. The highest BCUT2D eigenvalue weighted by atomic mass is 16.5. The second-order valence-corrected chi connectivity index (χ2v) is 9.45. The molecule has 1 aromatic carbocycles. The minimum atomic E-state index is -0.839. The second kappa shape index (κ2) is 11.6. The number of rotatable bonds is 11. The van der Waals surface area contributed by atoms with Gasteiger partial charge in [-0.15, -0.1) is 0 Å². The van der Waals surface area contributed by atoms with Crippen molar-refractivity contribution < 1.29 is 23.9 Å². The molecule has 1 spiro atoms. The van der Waals surface area contributed by atoms with E-state index in [0.717, 1.165) is 42.6 Å². The zero-order valence-corrected chi connectivity index (χ0v) is 20.9. The first-order valence-corrected chi connectivity index (χ1v) is 12.7. The summed E-state index contributed by atoms with van der Waals surface area (Å²) in [5.41, 5.74) is 0.0175. The van der Waals surface area contributed by atoms with Crippen LogP contribution in [0.2, 0.25) is 0 Å². The number of urea groups is 1. The van der Waals surface area contributed by atoms with Crippen molar-refractivity contribution in [1.29, 1.82) is 0 Å². The average molecular weight is 474 g/mol. The standard InChI is InChI=1S/C26H39N3O5/c1-5-14-33-21-9-8-20(16-22(21)34-15-6-2)18(4)27-23(30)17-29-24(31)26(28-25(29)32)12-10-19(7-3)11-13-26/h8-9,16,18-19H,5-7,10-15,17H2,1-4H3,(H,27,30)(H,28,32). The van der Waals surface area contributed by atoms with E-state index < -0.39 is 11.6 Å². The fourth-order valence-corrected chi connectivity index (χ4v) is 4.70. The zero-order valence-electron chi connectivity index (χ0n) is 20.9. The van der Waals surface area contributed by atoms with Gasteiger partial charge in [0.05, 0.1) is 19.3 Å². The lowest BCUT2D eigenvalue weighted by Gasteiger charge is -2.34. The second-order valence-electron chi connectivity index (χ2n) is 9.45. The molecule has 1 heterocycles. The first-order chi connectivity index (χ1) is 16.3. The normalized spacial score (nSPS) is 23.1. The number of benzene rings is 1. The fraction of sp³-hybridized carbons (Fsp3) is 0.654. The van der Waals surface area contributed by atoms with Crippen LogP contribution >= 0.6 is 0 Å². The number of hydrogen-bond donors (Lipinski definition) is 2. The van der Waals surface area contributed by atoms with Crippen molar-refractivity contribution in [3.63, 3.8) is 0 Å². The summed E-state index contributed by atoms with van der Waals surface area (Å²) < 4.78 is 11.6. The lowest BCUT2D eigenvalue weighted by molar-refractivity contribution is -0.136. The summed E-state index contributed by atoms with van der Waals surface area (Å²) in [4.78, 5) is 39.5. The smallest absolute Gasteiger partial charge is 0.325 e. The van der Waals surface area contributed by atoms with Gasteiger partial charge in [-0.25, -0.2) is 4.79 Å². The van der Waals surface area contributed by atoms with E-state index in [4.69, 9.17) is 9.47 Å². The van der Waals surface area contributed by atoms with Crippen LogP contribution in [0, 0.1) is 5.92 Å². The Morgan fingerprint density at radius 2 is 1.76 bits per heavy atom. The molecule has 1 aliphatic heterocycles. The Morgan fingerprint density at radius 3 is 2.38 bits per heavy atom. The van der Waals surface area contributed by atoms with Crippen molar-refractivity contribution in [3.8, 4) is 11.5 Å². The van der Waals surface area contributed by atoms with Crippen LogP contribution in [-0.4, -0.2) is 48.0 Å². The molecule has 1 saturated carbocycles. The van der Waals surface area contributed by atoms with E-state index >= 15 is 0 Å². The largest absolute Gasteiger partial charge is 0.490 e. The van der Waals surface area contributed by atoms with Gasteiger partial charge in [0.25, 0.3) is 5.91 Å². The van der Waals surface area contributed by atoms with Gasteiger partial charge < -0.3 is 20.1 Å². The van der Waals surface area contributed by atoms with Crippen molar-refractivity contribution in [2.24, 2.45) is 5.92 Å². The van der Waals surface area contributed by atoms with Crippen LogP contribution in [0.4, 0.5) is 4.79 Å². The summed E-state index contributed by atoms with van der Waals surface area (Å²) in [6, 6.07) is 4.82. The molecule has 1 unspecified atom stereocenters. The van der Waals surface area contributed by atoms with Crippen LogP contribution < -0.4 is 20.1 Å². The van der Waals surface area contributed by atoms with Crippen LogP contribution in [0.25, 0.3) is 0 Å². The van der Waals surface area contributed by atoms with E-state index in [1.807, 2.05) is 39.0 Å². The number of hydrogen-bond acceptors (Lipinski definition) is 5. The quantitative estimate of drug-likeness (QED) is 0.466. The molecule has 3 rings (SSSR count). The lowest BCUT2D eigenvalue weighted by Crippen LogP contribution is -2.50. The van der Waals surface area contributed by atoms with Crippen molar-refractivity contribution >= 4 is 17.8 Å². The Bertz CT molecular complexity index is 879. The van der Waals surface area contributed by atoms with E-state index in [9.17, 15) is 14.4 Å². The Hall–Kier alpha value is -2.77. The molecule has 1 saturated heterocycles. The molecule has 2 fully saturated rings. The molecule has 1 atom stereocenters. The molecular weight excluding hydrogens is 434 g/mol. The Morgan fingerprint density at radius 1 is 1.12 bits per heavy atom. The molecule has 8 heteroatoms. The van der Waals surface area contributed by atoms with Crippen LogP contribution in [0.1, 0.15) is 84.2 Å². The molecule has 4 amide bonds. The van der Waals surface area contributed by atoms with Gasteiger partial charge in [-0.3, -0.25) is 14.5 Å². The zero-order chi connectivity index (χ0) is 24.7. The molecule has 2 N–H and O–H groups in total. The van der Waals surface area contributed by atoms with Crippen molar-refractivity contribution in [1.82, 2.24) is 15.5 Å². The first kappa shape index (κ1) is 25.8. The summed E-state index contributed by atoms with van der Waals surface area (Å²) in [7, 11) is 0. The number of carbonyl (C=O) groups excluding carboxylic acids is 3. The van der Waals surface area contributed by atoms with Gasteiger partial charge in [-0.2, -0.15) is 0 Å². The highest BCUT2D eigenvalue weighted by Gasteiger charge is 2.52. The highest BCUT2D eigenvalue weighted by Crippen LogP contribution is 2.37. The number of carbonyl (C=O) groups is 3. The van der Waals surface area contributed by atoms with Crippen molar-refractivity contribution in [2.75, 3.05) is 19.8 Å². The lowest BCUT2D eigenvalue weighted by atomic mass is 9.75. The number of ether oxygens (including phenoxy) is 2. The summed E-state index contributed by atoms with van der Waals surface area (Å²) >= 11 is 0. The van der Waals surface area contributed by atoms with Gasteiger partial charge in [0.15, 0.2) is 11.5 Å². The van der Waals surface area contributed by atoms with Gasteiger partial charge in [0.2, 0.25) is 5.91 Å². The van der Waals surface area contributed by atoms with Gasteiger partial charge in [-0.1, -0.05) is 33.3 Å². The minimum Gasteiger partial charge on any atom is -0.490 e. The molecule has 0 aromatic heterocycles. The fourth-order valence-electron chi connectivity index (χ4n) is 4.70. The molecule has 2 aliphatic rings. The number of imide groups is 1. The van der Waals surface area contributed by atoms with E-state index in [0.29, 0.717) is 43.5 Å². The van der Waals surface area contributed by atoms with E-state index in [1.54, 1.807) is 0 Å². The predicted molar refractivity (Wildman–Crippen MR) is 130 cm³/mol. The monoisotopic (exact) mass is 473 g/mol. The number of nitrogens with one attached hydrogen (secondary N) is 2. The maximum absolute atomic E-state index is 13.1. The summed E-state index contributed by atoms with van der Waals surface area (Å²) in [5.74, 6) is 1.27. The molecule has 188 valence electrons. The van der Waals surface area contributed by atoms with Crippen molar-refractivity contribution in [3.05, 3.63) is 23.8 Å². The maximum atomic E-state index is 13.1. The minimum absolute atomic E-state index is 0.275. The van der Waals surface area contributed by atoms with E-state index in [2.05, 4.69) is 17.6 Å². The van der Waals surface area contributed by atoms with Gasteiger partial charge in [0.1, 0.15) is 12.1 Å². The molecule has 0 bridgehead atoms. The first-order valence-electron chi connectivity index (χ1n) is 12.7. The van der Waals surface area contributed by atoms with Crippen LogP contribution in [0.3, 0.4) is 0 Å². The third-order valence-electron chi connectivity index (χ3n) is 6.85. The number of nitrogens with zero attached hydrogens (tertiary/aromatic N) is 1. The van der Waals surface area contributed by atoms with E-state index in [-0.39, 0.29) is 24.4 Å². The molecule has 0 radical (unpaired) electrons. The average Bonchev–Trinajstić information content (AvgIpc) is 3.05. The van der Waals surface area contributed by atoms with Gasteiger partial charge in [0, 0.05) is 0 Å². The predicted octanol–water partition coefficient (Wildman–Crippen LogP) is 4.33. The summed E-state index contributed by atoms with van der Waals surface area (Å²) in [6.07, 6.45) is 5.95. The van der Waals surface area contributed by atoms with Crippen LogP contribution in [-0.2, 0) is 9.59 Å². The van der Waals surface area contributed by atoms with Gasteiger partial charge >= 0.3 is 6.03 Å². The molecular formula is C26H39N3O5. The Kier molecular flexibility index (Phi) is 8.80. The molecule has 1 aliphatic carbocycles. The van der Waals surface area contributed by atoms with Crippen LogP contribution in [0.5, 0.6) is 11.5 Å². The highest BCUT2D eigenvalue weighted by molar-refractivity contribution is 6.09. The molecule has 8 nitrogen and oxygen atoms in total. The number of amides is 4. The third kappa shape index (κ3) is 5.83. The van der Waals surface area contributed by atoms with Gasteiger partial charge in [-0.05, 0) is 69.1 Å². The van der Waals surface area contributed by atoms with E-state index in [1.165, 1.54) is 0 Å². The Balaban J connectivity index is 1.62. The topological polar surface area (TPSA) is 97.0 Å². The third-order valence-corrected chi connectivity index (χ3v) is 6.85. The molecule has 1 aromatic rings. The van der Waals surface area contributed by atoms with Crippen LogP contribution in [0.15, 0.2) is 18.2 Å². The SMILES string of the molecule is CCCOc1ccc(C(C)NC(=O)CN2C(=O)NC3(CCC(CC)CC3)C2=O)cc1OCCC. The van der Waals surface area contributed by atoms with Crippen molar-refractivity contribution in [2.45, 2.75) is 84.2 Å². The summed E-state index contributed by atoms with van der Waals surface area (Å²) in [6.45, 7) is 8.98. The molecule has 34 heavy (non-hydrogen) atoms. The Labute approximate surface area is 202 Å². The summed E-state index contributed by atoms with van der Waals surface area (Å²) in [5, 5.41) is 5.79.